The summed E-state index contributed by atoms with van der Waals surface area (Å²) in [5.74, 6) is -0.995. The van der Waals surface area contributed by atoms with Gasteiger partial charge >= 0.3 is 18.2 Å². The summed E-state index contributed by atoms with van der Waals surface area (Å²) in [6, 6.07) is 6.13. The SMILES string of the molecule is CC(C)CC(NC(=O)OC1CCN(C(=O)OC(C)(C)C)c2ccccc21)C(=O)O. The van der Waals surface area contributed by atoms with E-state index < -0.39 is 35.9 Å². The Bertz CT molecular complexity index is 756. The molecule has 0 radical (unpaired) electrons. The van der Waals surface area contributed by atoms with E-state index in [1.165, 1.54) is 4.90 Å². The lowest BCUT2D eigenvalue weighted by Gasteiger charge is -2.35. The number of nitrogens with zero attached hydrogens (tertiary/aromatic N) is 1. The molecule has 1 aliphatic heterocycles. The van der Waals surface area contributed by atoms with E-state index in [0.29, 0.717) is 30.6 Å². The summed E-state index contributed by atoms with van der Waals surface area (Å²) in [6.07, 6.45) is -1.15. The number of carbonyl (C=O) groups excluding carboxylic acids is 2. The monoisotopic (exact) mass is 406 g/mol. The van der Waals surface area contributed by atoms with Crippen molar-refractivity contribution in [3.63, 3.8) is 0 Å². The van der Waals surface area contributed by atoms with Crippen LogP contribution >= 0.6 is 0 Å². The van der Waals surface area contributed by atoms with Crippen LogP contribution in [0.25, 0.3) is 0 Å². The van der Waals surface area contributed by atoms with E-state index in [9.17, 15) is 19.5 Å². The maximum atomic E-state index is 12.5. The van der Waals surface area contributed by atoms with Gasteiger partial charge in [0.05, 0.1) is 5.69 Å². The van der Waals surface area contributed by atoms with Crippen LogP contribution in [0.4, 0.5) is 15.3 Å². The third-order valence-electron chi connectivity index (χ3n) is 4.35. The molecule has 0 aliphatic carbocycles. The van der Waals surface area contributed by atoms with Crippen LogP contribution in [-0.4, -0.2) is 41.4 Å². The molecule has 0 spiro atoms. The van der Waals surface area contributed by atoms with Crippen molar-refractivity contribution in [1.82, 2.24) is 5.32 Å². The Labute approximate surface area is 171 Å². The zero-order valence-electron chi connectivity index (χ0n) is 17.6. The molecule has 1 heterocycles. The quantitative estimate of drug-likeness (QED) is 0.763. The molecule has 1 aromatic carbocycles. The summed E-state index contributed by atoms with van der Waals surface area (Å²) < 4.78 is 11.0. The second-order valence-electron chi connectivity index (χ2n) is 8.54. The number of para-hydroxylation sites is 1. The van der Waals surface area contributed by atoms with Crippen LogP contribution in [0, 0.1) is 5.92 Å². The molecule has 1 aliphatic rings. The van der Waals surface area contributed by atoms with E-state index in [0.717, 1.165) is 0 Å². The average Bonchev–Trinajstić information content (AvgIpc) is 2.59. The molecule has 0 bridgehead atoms. The fourth-order valence-electron chi connectivity index (χ4n) is 3.16. The number of anilines is 1. The predicted octanol–water partition coefficient (Wildman–Crippen LogP) is 4.10. The number of benzene rings is 1. The van der Waals surface area contributed by atoms with E-state index >= 15 is 0 Å². The summed E-state index contributed by atoms with van der Waals surface area (Å²) in [5, 5.41) is 11.7. The van der Waals surface area contributed by atoms with Crippen molar-refractivity contribution < 1.29 is 29.0 Å². The molecule has 0 saturated carbocycles. The highest BCUT2D eigenvalue weighted by Crippen LogP contribution is 2.36. The minimum atomic E-state index is -1.10. The first kappa shape index (κ1) is 22.5. The number of fused-ring (bicyclic) bond motifs is 1. The molecule has 29 heavy (non-hydrogen) atoms. The third kappa shape index (κ3) is 6.37. The molecule has 0 saturated heterocycles. The number of carboxylic acid groups (broad SMARTS) is 1. The van der Waals surface area contributed by atoms with E-state index in [2.05, 4.69) is 5.32 Å². The third-order valence-corrected chi connectivity index (χ3v) is 4.35. The van der Waals surface area contributed by atoms with Crippen molar-refractivity contribution >= 4 is 23.8 Å². The van der Waals surface area contributed by atoms with Gasteiger partial charge in [-0.05, 0) is 39.2 Å². The molecule has 0 fully saturated rings. The van der Waals surface area contributed by atoms with Crippen LogP contribution in [0.15, 0.2) is 24.3 Å². The molecular formula is C21H30N2O6. The average molecular weight is 406 g/mol. The molecule has 2 N–H and O–H groups in total. The smallest absolute Gasteiger partial charge is 0.414 e. The fourth-order valence-corrected chi connectivity index (χ4v) is 3.16. The minimum Gasteiger partial charge on any atom is -0.480 e. The van der Waals surface area contributed by atoms with Crippen LogP contribution in [-0.2, 0) is 14.3 Å². The summed E-state index contributed by atoms with van der Waals surface area (Å²) in [5.41, 5.74) is 0.667. The van der Waals surface area contributed by atoms with E-state index in [-0.39, 0.29) is 5.92 Å². The standard InChI is InChI=1S/C21H30N2O6/c1-13(2)12-15(18(24)25)22-19(26)28-17-10-11-23(20(27)29-21(3,4)5)16-9-7-6-8-14(16)17/h6-9,13,15,17H,10-12H2,1-5H3,(H,22,26)(H,24,25). The number of ether oxygens (including phenoxy) is 2. The Morgan fingerprint density at radius 2 is 1.90 bits per heavy atom. The van der Waals surface area contributed by atoms with Crippen LogP contribution < -0.4 is 10.2 Å². The number of carboxylic acids is 1. The first-order chi connectivity index (χ1) is 13.5. The number of hydrogen-bond donors (Lipinski definition) is 2. The van der Waals surface area contributed by atoms with E-state index in [1.54, 1.807) is 45.0 Å². The first-order valence-corrected chi connectivity index (χ1v) is 9.77. The van der Waals surface area contributed by atoms with E-state index in [1.807, 2.05) is 13.8 Å². The molecule has 8 nitrogen and oxygen atoms in total. The zero-order valence-corrected chi connectivity index (χ0v) is 17.6. The molecule has 2 rings (SSSR count). The molecule has 2 amide bonds. The van der Waals surface area contributed by atoms with Gasteiger partial charge in [0, 0.05) is 18.5 Å². The Morgan fingerprint density at radius 1 is 1.24 bits per heavy atom. The summed E-state index contributed by atoms with van der Waals surface area (Å²) in [7, 11) is 0. The van der Waals surface area contributed by atoms with Gasteiger partial charge in [-0.2, -0.15) is 0 Å². The van der Waals surface area contributed by atoms with Gasteiger partial charge in [-0.1, -0.05) is 32.0 Å². The molecule has 2 unspecified atom stereocenters. The number of alkyl carbamates (subject to hydrolysis) is 1. The van der Waals surface area contributed by atoms with Gasteiger partial charge in [-0.25, -0.2) is 14.4 Å². The number of rotatable bonds is 5. The normalized spacial score (nSPS) is 17.3. The van der Waals surface area contributed by atoms with Crippen molar-refractivity contribution in [2.45, 2.75) is 65.2 Å². The molecule has 0 aromatic heterocycles. The number of aliphatic carboxylic acids is 1. The highest BCUT2D eigenvalue weighted by Gasteiger charge is 2.33. The number of nitrogens with one attached hydrogen (secondary N) is 1. The fraction of sp³-hybridized carbons (Fsp3) is 0.571. The van der Waals surface area contributed by atoms with Gasteiger partial charge in [-0.15, -0.1) is 0 Å². The molecular weight excluding hydrogens is 376 g/mol. The molecule has 1 aromatic rings. The Kier molecular flexibility index (Phi) is 7.11. The zero-order chi connectivity index (χ0) is 21.8. The van der Waals surface area contributed by atoms with Crippen molar-refractivity contribution in [2.24, 2.45) is 5.92 Å². The topological polar surface area (TPSA) is 105 Å². The highest BCUT2D eigenvalue weighted by molar-refractivity contribution is 5.89. The van der Waals surface area contributed by atoms with Gasteiger partial charge < -0.3 is 19.9 Å². The van der Waals surface area contributed by atoms with Crippen LogP contribution in [0.3, 0.4) is 0 Å². The van der Waals surface area contributed by atoms with Gasteiger partial charge in [0.1, 0.15) is 17.7 Å². The van der Waals surface area contributed by atoms with Crippen molar-refractivity contribution in [3.05, 3.63) is 29.8 Å². The molecule has 160 valence electrons. The minimum absolute atomic E-state index is 0.106. The van der Waals surface area contributed by atoms with Crippen molar-refractivity contribution in [1.29, 1.82) is 0 Å². The first-order valence-electron chi connectivity index (χ1n) is 9.77. The lowest BCUT2D eigenvalue weighted by atomic mass is 9.99. The predicted molar refractivity (Wildman–Crippen MR) is 108 cm³/mol. The largest absolute Gasteiger partial charge is 0.480 e. The summed E-state index contributed by atoms with van der Waals surface area (Å²) >= 11 is 0. The second kappa shape index (κ2) is 9.15. The Morgan fingerprint density at radius 3 is 2.48 bits per heavy atom. The van der Waals surface area contributed by atoms with Crippen LogP contribution in [0.1, 0.15) is 59.1 Å². The van der Waals surface area contributed by atoms with E-state index in [4.69, 9.17) is 9.47 Å². The van der Waals surface area contributed by atoms with Crippen molar-refractivity contribution in [3.8, 4) is 0 Å². The van der Waals surface area contributed by atoms with Crippen LogP contribution in [0.5, 0.6) is 0 Å². The Hall–Kier alpha value is -2.77. The second-order valence-corrected chi connectivity index (χ2v) is 8.54. The van der Waals surface area contributed by atoms with Gasteiger partial charge in [0.2, 0.25) is 0 Å². The number of carbonyl (C=O) groups is 3. The molecule has 2 atom stereocenters. The summed E-state index contributed by atoms with van der Waals surface area (Å²) in [6.45, 7) is 9.47. The lowest BCUT2D eigenvalue weighted by molar-refractivity contribution is -0.139. The Balaban J connectivity index is 2.12. The molecule has 8 heteroatoms. The lowest BCUT2D eigenvalue weighted by Crippen LogP contribution is -2.44. The maximum Gasteiger partial charge on any atom is 0.414 e. The highest BCUT2D eigenvalue weighted by atomic mass is 16.6. The van der Waals surface area contributed by atoms with Gasteiger partial charge in [-0.3, -0.25) is 4.90 Å². The number of amides is 2. The van der Waals surface area contributed by atoms with Crippen LogP contribution in [0.2, 0.25) is 0 Å². The van der Waals surface area contributed by atoms with Crippen molar-refractivity contribution in [2.75, 3.05) is 11.4 Å². The number of hydrogen-bond acceptors (Lipinski definition) is 5. The summed E-state index contributed by atoms with van der Waals surface area (Å²) in [4.78, 5) is 37.8. The van der Waals surface area contributed by atoms with Gasteiger partial charge in [0.15, 0.2) is 0 Å². The maximum absolute atomic E-state index is 12.5. The van der Waals surface area contributed by atoms with Gasteiger partial charge in [0.25, 0.3) is 0 Å².